The number of likely N-dealkylation sites (N-methyl/N-ethyl adjacent to an activating group) is 1. The molecule has 6 heteroatoms. The summed E-state index contributed by atoms with van der Waals surface area (Å²) in [4.78, 5) is 25.0. The Kier molecular flexibility index (Phi) is 6.96. The van der Waals surface area contributed by atoms with E-state index in [1.54, 1.807) is 18.3 Å². The highest BCUT2D eigenvalue weighted by molar-refractivity contribution is 7.10. The van der Waals surface area contributed by atoms with Gasteiger partial charge in [-0.15, -0.1) is 11.3 Å². The second kappa shape index (κ2) is 9.20. The van der Waals surface area contributed by atoms with Gasteiger partial charge >= 0.3 is 0 Å². The number of rotatable bonds is 8. The van der Waals surface area contributed by atoms with Crippen LogP contribution in [0.1, 0.15) is 30.3 Å². The van der Waals surface area contributed by atoms with Gasteiger partial charge in [0, 0.05) is 12.1 Å². The van der Waals surface area contributed by atoms with Crippen LogP contribution in [0.25, 0.3) is 0 Å². The number of amides is 2. The van der Waals surface area contributed by atoms with Crippen LogP contribution in [0.4, 0.5) is 0 Å². The van der Waals surface area contributed by atoms with E-state index in [-0.39, 0.29) is 24.4 Å². The molecule has 5 nitrogen and oxygen atoms in total. The van der Waals surface area contributed by atoms with Gasteiger partial charge in [0.2, 0.25) is 5.91 Å². The fourth-order valence-corrected chi connectivity index (χ4v) is 3.31. The first-order chi connectivity index (χ1) is 11.6. The molecule has 1 aromatic carbocycles. The number of nitrogens with two attached hydrogens (primary N) is 1. The van der Waals surface area contributed by atoms with E-state index in [1.165, 1.54) is 4.88 Å². The standard InChI is InChI=1S/C18H23N3O2S/c1-3-19-18(23)13(2)21-16(22)12-20-17(15-10-7-11-24-15)14-8-5-4-6-9-14/h4-11,13,17,20H,3,12H2,1-2H3,(H,19,23)(H,21,22)/p+1/t13-,17-/m1/s1. The van der Waals surface area contributed by atoms with Gasteiger partial charge < -0.3 is 16.0 Å². The average molecular weight is 346 g/mol. The van der Waals surface area contributed by atoms with Gasteiger partial charge in [0.15, 0.2) is 6.54 Å². The van der Waals surface area contributed by atoms with Crippen LogP contribution in [0.3, 0.4) is 0 Å². The molecule has 0 saturated heterocycles. The van der Waals surface area contributed by atoms with Crippen LogP contribution in [-0.4, -0.2) is 30.9 Å². The maximum absolute atomic E-state index is 12.1. The lowest BCUT2D eigenvalue weighted by Gasteiger charge is -2.16. The molecule has 0 aliphatic heterocycles. The zero-order valence-corrected chi connectivity index (χ0v) is 14.8. The molecule has 128 valence electrons. The Bertz CT molecular complexity index is 644. The second-order valence-corrected chi connectivity index (χ2v) is 6.51. The summed E-state index contributed by atoms with van der Waals surface area (Å²) >= 11 is 1.68. The quantitative estimate of drug-likeness (QED) is 0.668. The van der Waals surface area contributed by atoms with Crippen molar-refractivity contribution < 1.29 is 14.9 Å². The van der Waals surface area contributed by atoms with Crippen molar-refractivity contribution in [2.24, 2.45) is 0 Å². The monoisotopic (exact) mass is 346 g/mol. The molecule has 0 radical (unpaired) electrons. The van der Waals surface area contributed by atoms with E-state index in [0.717, 1.165) is 5.56 Å². The Morgan fingerprint density at radius 2 is 1.92 bits per heavy atom. The molecule has 0 fully saturated rings. The van der Waals surface area contributed by atoms with Gasteiger partial charge in [-0.05, 0) is 25.3 Å². The maximum Gasteiger partial charge on any atom is 0.275 e. The summed E-state index contributed by atoms with van der Waals surface area (Å²) in [5.41, 5.74) is 1.16. The normalized spacial score (nSPS) is 13.1. The van der Waals surface area contributed by atoms with Crippen molar-refractivity contribution in [2.75, 3.05) is 13.1 Å². The zero-order valence-electron chi connectivity index (χ0n) is 14.0. The molecule has 1 heterocycles. The largest absolute Gasteiger partial charge is 0.355 e. The average Bonchev–Trinajstić information content (AvgIpc) is 3.10. The van der Waals surface area contributed by atoms with E-state index in [0.29, 0.717) is 6.54 Å². The molecule has 2 aromatic rings. The number of benzene rings is 1. The molecule has 4 N–H and O–H groups in total. The van der Waals surface area contributed by atoms with Gasteiger partial charge in [-0.2, -0.15) is 0 Å². The smallest absolute Gasteiger partial charge is 0.275 e. The van der Waals surface area contributed by atoms with Crippen LogP contribution in [0.5, 0.6) is 0 Å². The Labute approximate surface area is 146 Å². The lowest BCUT2D eigenvalue weighted by molar-refractivity contribution is -0.676. The van der Waals surface area contributed by atoms with Gasteiger partial charge in [0.25, 0.3) is 5.91 Å². The van der Waals surface area contributed by atoms with Crippen molar-refractivity contribution in [3.05, 3.63) is 58.3 Å². The topological polar surface area (TPSA) is 74.8 Å². The van der Waals surface area contributed by atoms with E-state index in [1.807, 2.05) is 41.9 Å². The van der Waals surface area contributed by atoms with Crippen LogP contribution < -0.4 is 16.0 Å². The third-order valence-electron chi connectivity index (χ3n) is 3.67. The molecule has 24 heavy (non-hydrogen) atoms. The van der Waals surface area contributed by atoms with Gasteiger partial charge in [-0.1, -0.05) is 36.4 Å². The van der Waals surface area contributed by atoms with Gasteiger partial charge in [-0.3, -0.25) is 9.59 Å². The van der Waals surface area contributed by atoms with Crippen molar-refractivity contribution >= 4 is 23.2 Å². The summed E-state index contributed by atoms with van der Waals surface area (Å²) in [6, 6.07) is 13.8. The van der Waals surface area contributed by atoms with Crippen LogP contribution in [0, 0.1) is 0 Å². The number of quaternary nitrogens is 1. The van der Waals surface area contributed by atoms with Crippen molar-refractivity contribution in [3.8, 4) is 0 Å². The summed E-state index contributed by atoms with van der Waals surface area (Å²) in [5, 5.41) is 9.48. The zero-order chi connectivity index (χ0) is 17.4. The van der Waals surface area contributed by atoms with Crippen LogP contribution in [0.2, 0.25) is 0 Å². The number of thiophene rings is 1. The number of carbonyl (C=O) groups excluding carboxylic acids is 2. The molecule has 1 aromatic heterocycles. The Hall–Kier alpha value is -2.18. The predicted molar refractivity (Wildman–Crippen MR) is 95.7 cm³/mol. The molecule has 2 rings (SSSR count). The number of hydrogen-bond acceptors (Lipinski definition) is 3. The van der Waals surface area contributed by atoms with Crippen molar-refractivity contribution in [1.29, 1.82) is 0 Å². The fraction of sp³-hybridized carbons (Fsp3) is 0.333. The molecular weight excluding hydrogens is 322 g/mol. The lowest BCUT2D eigenvalue weighted by atomic mass is 10.1. The predicted octanol–water partition coefficient (Wildman–Crippen LogP) is 1.04. The van der Waals surface area contributed by atoms with Crippen LogP contribution in [-0.2, 0) is 9.59 Å². The molecule has 0 saturated carbocycles. The summed E-state index contributed by atoms with van der Waals surface area (Å²) in [6.45, 7) is 4.36. The highest BCUT2D eigenvalue weighted by Gasteiger charge is 2.21. The molecule has 0 aliphatic carbocycles. The minimum absolute atomic E-state index is 0.0803. The molecule has 0 bridgehead atoms. The first-order valence-electron chi connectivity index (χ1n) is 8.10. The molecule has 0 aliphatic rings. The SMILES string of the molecule is CCNC(=O)[C@@H](C)NC(=O)C[NH2+][C@H](c1ccccc1)c1cccs1. The summed E-state index contributed by atoms with van der Waals surface area (Å²) in [5.74, 6) is -0.310. The summed E-state index contributed by atoms with van der Waals surface area (Å²) in [7, 11) is 0. The Morgan fingerprint density at radius 1 is 1.17 bits per heavy atom. The Balaban J connectivity index is 1.96. The van der Waals surface area contributed by atoms with E-state index in [2.05, 4.69) is 28.8 Å². The second-order valence-electron chi connectivity index (χ2n) is 5.53. The van der Waals surface area contributed by atoms with Gasteiger partial charge in [-0.25, -0.2) is 0 Å². The molecular formula is C18H24N3O2S+. The molecule has 0 unspecified atom stereocenters. The van der Waals surface area contributed by atoms with Crippen molar-refractivity contribution in [1.82, 2.24) is 10.6 Å². The molecule has 0 spiro atoms. The minimum atomic E-state index is -0.525. The van der Waals surface area contributed by atoms with E-state index >= 15 is 0 Å². The van der Waals surface area contributed by atoms with E-state index < -0.39 is 6.04 Å². The number of nitrogens with one attached hydrogen (secondary N) is 2. The summed E-state index contributed by atoms with van der Waals surface area (Å²) < 4.78 is 0. The van der Waals surface area contributed by atoms with Crippen LogP contribution >= 0.6 is 11.3 Å². The van der Waals surface area contributed by atoms with Crippen molar-refractivity contribution in [2.45, 2.75) is 25.9 Å². The third kappa shape index (κ3) is 5.18. The molecule has 2 atom stereocenters. The maximum atomic E-state index is 12.1. The van der Waals surface area contributed by atoms with Crippen molar-refractivity contribution in [3.63, 3.8) is 0 Å². The Morgan fingerprint density at radius 3 is 2.54 bits per heavy atom. The highest BCUT2D eigenvalue weighted by atomic mass is 32.1. The third-order valence-corrected chi connectivity index (χ3v) is 4.62. The minimum Gasteiger partial charge on any atom is -0.355 e. The fourth-order valence-electron chi connectivity index (χ4n) is 2.46. The van der Waals surface area contributed by atoms with Gasteiger partial charge in [0.05, 0.1) is 4.88 Å². The first-order valence-corrected chi connectivity index (χ1v) is 8.98. The van der Waals surface area contributed by atoms with E-state index in [4.69, 9.17) is 0 Å². The highest BCUT2D eigenvalue weighted by Crippen LogP contribution is 2.22. The first kappa shape index (κ1) is 18.2. The lowest BCUT2D eigenvalue weighted by Crippen LogP contribution is -2.87. The number of hydrogen-bond donors (Lipinski definition) is 3. The number of carbonyl (C=O) groups is 2. The van der Waals surface area contributed by atoms with E-state index in [9.17, 15) is 9.59 Å². The van der Waals surface area contributed by atoms with Gasteiger partial charge in [0.1, 0.15) is 12.1 Å². The van der Waals surface area contributed by atoms with Crippen LogP contribution in [0.15, 0.2) is 47.8 Å². The molecule has 2 amide bonds. The summed E-state index contributed by atoms with van der Waals surface area (Å²) in [6.07, 6.45) is 0.